The third kappa shape index (κ3) is 3.30. The number of benzene rings is 1. The molecule has 0 aliphatic heterocycles. The van der Waals surface area contributed by atoms with Crippen molar-refractivity contribution in [2.24, 2.45) is 0 Å². The first kappa shape index (κ1) is 13.0. The molecule has 1 aromatic carbocycles. The zero-order valence-corrected chi connectivity index (χ0v) is 11.2. The number of aromatic amines is 1. The molecule has 21 heavy (non-hydrogen) atoms. The lowest BCUT2D eigenvalue weighted by atomic mass is 10.1. The largest absolute Gasteiger partial charge is 0.323 e. The van der Waals surface area contributed by atoms with Crippen LogP contribution < -0.4 is 10.9 Å². The minimum Gasteiger partial charge on any atom is -0.323 e. The van der Waals surface area contributed by atoms with Crippen LogP contribution in [0.1, 0.15) is 11.3 Å². The van der Waals surface area contributed by atoms with Crippen molar-refractivity contribution >= 4 is 11.6 Å². The maximum absolute atomic E-state index is 12.0. The number of H-pyrrole nitrogens is 1. The van der Waals surface area contributed by atoms with Crippen LogP contribution in [0, 0.1) is 0 Å². The van der Waals surface area contributed by atoms with Gasteiger partial charge in [0, 0.05) is 12.6 Å². The predicted molar refractivity (Wildman–Crippen MR) is 79.4 cm³/mol. The van der Waals surface area contributed by atoms with E-state index < -0.39 is 0 Å². The number of aromatic nitrogens is 4. The van der Waals surface area contributed by atoms with Crippen LogP contribution in [0.2, 0.25) is 0 Å². The second-order valence-electron chi connectivity index (χ2n) is 4.48. The Labute approximate surface area is 120 Å². The first-order valence-electron chi connectivity index (χ1n) is 6.48. The third-order valence-corrected chi connectivity index (χ3v) is 2.90. The molecule has 0 saturated heterocycles. The van der Waals surface area contributed by atoms with Crippen LogP contribution in [-0.2, 0) is 6.42 Å². The van der Waals surface area contributed by atoms with E-state index >= 15 is 0 Å². The van der Waals surface area contributed by atoms with E-state index in [1.807, 2.05) is 36.4 Å². The summed E-state index contributed by atoms with van der Waals surface area (Å²) in [5, 5.41) is 10.9. The SMILES string of the molecule is O=c1[nH]c(Nc2cccnc2)nnc1Cc1ccccc1. The molecular formula is C15H13N5O. The van der Waals surface area contributed by atoms with E-state index in [-0.39, 0.29) is 5.56 Å². The first-order valence-corrected chi connectivity index (χ1v) is 6.48. The van der Waals surface area contributed by atoms with Crippen LogP contribution in [0.25, 0.3) is 0 Å². The van der Waals surface area contributed by atoms with Gasteiger partial charge in [-0.3, -0.25) is 14.8 Å². The predicted octanol–water partition coefficient (Wildman–Crippen LogP) is 1.89. The fraction of sp³-hybridized carbons (Fsp3) is 0.0667. The molecular weight excluding hydrogens is 266 g/mol. The average molecular weight is 279 g/mol. The van der Waals surface area contributed by atoms with Gasteiger partial charge in [0.15, 0.2) is 0 Å². The molecule has 0 unspecified atom stereocenters. The average Bonchev–Trinajstić information content (AvgIpc) is 2.52. The van der Waals surface area contributed by atoms with Crippen molar-refractivity contribution in [3.05, 3.63) is 76.5 Å². The Morgan fingerprint density at radius 1 is 1.05 bits per heavy atom. The number of anilines is 2. The maximum atomic E-state index is 12.0. The molecule has 2 N–H and O–H groups in total. The summed E-state index contributed by atoms with van der Waals surface area (Å²) >= 11 is 0. The lowest BCUT2D eigenvalue weighted by molar-refractivity contribution is 0.874. The van der Waals surface area contributed by atoms with E-state index in [0.717, 1.165) is 11.3 Å². The molecule has 6 heteroatoms. The molecule has 2 heterocycles. The third-order valence-electron chi connectivity index (χ3n) is 2.90. The highest BCUT2D eigenvalue weighted by Gasteiger charge is 2.06. The molecule has 104 valence electrons. The molecule has 0 radical (unpaired) electrons. The summed E-state index contributed by atoms with van der Waals surface area (Å²) in [4.78, 5) is 18.7. The Kier molecular flexibility index (Phi) is 3.68. The zero-order valence-electron chi connectivity index (χ0n) is 11.2. The van der Waals surface area contributed by atoms with Crippen LogP contribution in [-0.4, -0.2) is 20.2 Å². The van der Waals surface area contributed by atoms with Crippen LogP contribution in [0.5, 0.6) is 0 Å². The van der Waals surface area contributed by atoms with Crippen LogP contribution in [0.15, 0.2) is 59.7 Å². The summed E-state index contributed by atoms with van der Waals surface area (Å²) in [6.45, 7) is 0. The minimum atomic E-state index is -0.250. The van der Waals surface area contributed by atoms with Crippen LogP contribution >= 0.6 is 0 Å². The second-order valence-corrected chi connectivity index (χ2v) is 4.48. The lowest BCUT2D eigenvalue weighted by Gasteiger charge is -2.04. The van der Waals surface area contributed by atoms with Gasteiger partial charge < -0.3 is 5.32 Å². The summed E-state index contributed by atoms with van der Waals surface area (Å²) in [7, 11) is 0. The quantitative estimate of drug-likeness (QED) is 0.762. The summed E-state index contributed by atoms with van der Waals surface area (Å²) < 4.78 is 0. The zero-order chi connectivity index (χ0) is 14.5. The summed E-state index contributed by atoms with van der Waals surface area (Å²) in [6.07, 6.45) is 3.76. The number of hydrogen-bond donors (Lipinski definition) is 2. The van der Waals surface area contributed by atoms with Crippen molar-refractivity contribution in [1.29, 1.82) is 0 Å². The second kappa shape index (κ2) is 5.96. The molecule has 0 aliphatic carbocycles. The van der Waals surface area contributed by atoms with E-state index in [1.54, 1.807) is 18.5 Å². The van der Waals surface area contributed by atoms with E-state index in [1.165, 1.54) is 0 Å². The Bertz CT molecular complexity index is 771. The van der Waals surface area contributed by atoms with Crippen LogP contribution in [0.4, 0.5) is 11.6 Å². The van der Waals surface area contributed by atoms with E-state index in [9.17, 15) is 4.79 Å². The Morgan fingerprint density at radius 2 is 1.90 bits per heavy atom. The van der Waals surface area contributed by atoms with Gasteiger partial charge in [-0.2, -0.15) is 0 Å². The van der Waals surface area contributed by atoms with Gasteiger partial charge in [0.05, 0.1) is 11.9 Å². The number of pyridine rings is 1. The fourth-order valence-electron chi connectivity index (χ4n) is 1.89. The van der Waals surface area contributed by atoms with Gasteiger partial charge in [0.2, 0.25) is 5.95 Å². The number of nitrogens with zero attached hydrogens (tertiary/aromatic N) is 3. The Morgan fingerprint density at radius 3 is 2.62 bits per heavy atom. The van der Waals surface area contributed by atoms with Gasteiger partial charge in [-0.05, 0) is 17.7 Å². The molecule has 0 amide bonds. The highest BCUT2D eigenvalue weighted by atomic mass is 16.1. The summed E-state index contributed by atoms with van der Waals surface area (Å²) in [5.74, 6) is 0.296. The lowest BCUT2D eigenvalue weighted by Crippen LogP contribution is -2.18. The normalized spacial score (nSPS) is 10.3. The smallest absolute Gasteiger partial charge is 0.274 e. The molecule has 0 spiro atoms. The van der Waals surface area contributed by atoms with Crippen molar-refractivity contribution in [1.82, 2.24) is 20.2 Å². The van der Waals surface area contributed by atoms with Gasteiger partial charge in [-0.25, -0.2) is 0 Å². The topological polar surface area (TPSA) is 83.6 Å². The highest BCUT2D eigenvalue weighted by Crippen LogP contribution is 2.08. The Balaban J connectivity index is 1.79. The number of rotatable bonds is 4. The van der Waals surface area contributed by atoms with E-state index in [2.05, 4.69) is 25.5 Å². The van der Waals surface area contributed by atoms with Crippen molar-refractivity contribution in [2.75, 3.05) is 5.32 Å². The van der Waals surface area contributed by atoms with Gasteiger partial charge in [0.1, 0.15) is 5.69 Å². The minimum absolute atomic E-state index is 0.250. The van der Waals surface area contributed by atoms with E-state index in [4.69, 9.17) is 0 Å². The number of hydrogen-bond acceptors (Lipinski definition) is 5. The molecule has 0 fully saturated rings. The van der Waals surface area contributed by atoms with Gasteiger partial charge >= 0.3 is 0 Å². The maximum Gasteiger partial charge on any atom is 0.274 e. The van der Waals surface area contributed by atoms with Crippen molar-refractivity contribution < 1.29 is 0 Å². The molecule has 3 rings (SSSR count). The van der Waals surface area contributed by atoms with Crippen molar-refractivity contribution in [3.63, 3.8) is 0 Å². The highest BCUT2D eigenvalue weighted by molar-refractivity contribution is 5.50. The molecule has 0 aliphatic rings. The van der Waals surface area contributed by atoms with Gasteiger partial charge in [0.25, 0.3) is 5.56 Å². The fourth-order valence-corrected chi connectivity index (χ4v) is 1.89. The van der Waals surface area contributed by atoms with Crippen molar-refractivity contribution in [3.8, 4) is 0 Å². The number of nitrogens with one attached hydrogen (secondary N) is 2. The molecule has 3 aromatic rings. The molecule has 2 aromatic heterocycles. The van der Waals surface area contributed by atoms with E-state index in [0.29, 0.717) is 18.1 Å². The monoisotopic (exact) mass is 279 g/mol. The molecule has 6 nitrogen and oxygen atoms in total. The van der Waals surface area contributed by atoms with Gasteiger partial charge in [-0.1, -0.05) is 30.3 Å². The molecule has 0 saturated carbocycles. The molecule has 0 atom stereocenters. The standard InChI is InChI=1S/C15H13N5O/c21-14-13(9-11-5-2-1-3-6-11)19-20-15(18-14)17-12-7-4-8-16-10-12/h1-8,10H,9H2,(H2,17,18,20,21). The first-order chi connectivity index (χ1) is 10.3. The van der Waals surface area contributed by atoms with Crippen molar-refractivity contribution in [2.45, 2.75) is 6.42 Å². The Hall–Kier alpha value is -3.02. The molecule has 0 bridgehead atoms. The summed E-state index contributed by atoms with van der Waals surface area (Å²) in [5.41, 5.74) is 1.89. The summed E-state index contributed by atoms with van der Waals surface area (Å²) in [6, 6.07) is 13.3. The van der Waals surface area contributed by atoms with Gasteiger partial charge in [-0.15, -0.1) is 10.2 Å². The van der Waals surface area contributed by atoms with Crippen LogP contribution in [0.3, 0.4) is 0 Å².